The maximum Gasteiger partial charge on any atom is 0.311 e. The largest absolute Gasteiger partial charge is 0.466 e. The highest BCUT2D eigenvalue weighted by molar-refractivity contribution is 5.73. The smallest absolute Gasteiger partial charge is 0.311 e. The molecule has 0 saturated carbocycles. The number of aliphatic hydroxyl groups is 1. The minimum Gasteiger partial charge on any atom is -0.466 e. The van der Waals surface area contributed by atoms with Crippen molar-refractivity contribution in [3.8, 4) is 5.69 Å². The second-order valence-electron chi connectivity index (χ2n) is 4.77. The molecule has 5 heteroatoms. The molecular weight excluding hydrogens is 268 g/mol. The number of para-hydroxylation sites is 1. The number of benzene rings is 1. The van der Waals surface area contributed by atoms with Crippen LogP contribution in [0.25, 0.3) is 5.69 Å². The Morgan fingerprint density at radius 1 is 1.33 bits per heavy atom. The zero-order valence-electron chi connectivity index (χ0n) is 12.3. The van der Waals surface area contributed by atoms with Gasteiger partial charge in [-0.1, -0.05) is 25.1 Å². The lowest BCUT2D eigenvalue weighted by atomic mass is 9.95. The second kappa shape index (κ2) is 7.04. The Labute approximate surface area is 124 Å². The van der Waals surface area contributed by atoms with Crippen LogP contribution in [-0.4, -0.2) is 27.5 Å². The molecule has 0 radical (unpaired) electrons. The van der Waals surface area contributed by atoms with Gasteiger partial charge in [-0.15, -0.1) is 0 Å². The third kappa shape index (κ3) is 3.49. The molecule has 2 aromatic rings. The molecule has 1 heterocycles. The van der Waals surface area contributed by atoms with Gasteiger partial charge >= 0.3 is 5.97 Å². The van der Waals surface area contributed by atoms with Crippen molar-refractivity contribution in [3.05, 3.63) is 48.3 Å². The van der Waals surface area contributed by atoms with E-state index >= 15 is 0 Å². The first-order valence-electron chi connectivity index (χ1n) is 7.12. The average molecular weight is 288 g/mol. The fraction of sp³-hybridized carbons (Fsp3) is 0.375. The van der Waals surface area contributed by atoms with E-state index in [4.69, 9.17) is 4.74 Å². The van der Waals surface area contributed by atoms with Gasteiger partial charge in [0.1, 0.15) is 0 Å². The molecule has 1 aromatic carbocycles. The topological polar surface area (TPSA) is 64.3 Å². The number of carbonyl (C=O) groups excluding carboxylic acids is 1. The molecule has 1 N–H and O–H groups in total. The summed E-state index contributed by atoms with van der Waals surface area (Å²) < 4.78 is 6.68. The molecule has 2 atom stereocenters. The first kappa shape index (κ1) is 15.3. The SMILES string of the molecule is CCOC(=O)C(CC)C(O)c1cnn(-c2ccccc2)c1. The van der Waals surface area contributed by atoms with Gasteiger partial charge in [-0.2, -0.15) is 5.10 Å². The molecule has 0 aliphatic heterocycles. The first-order valence-corrected chi connectivity index (χ1v) is 7.12. The van der Waals surface area contributed by atoms with Crippen molar-refractivity contribution in [2.75, 3.05) is 6.61 Å². The summed E-state index contributed by atoms with van der Waals surface area (Å²) in [5.41, 5.74) is 1.51. The summed E-state index contributed by atoms with van der Waals surface area (Å²) in [6, 6.07) is 9.61. The van der Waals surface area contributed by atoms with Crippen molar-refractivity contribution in [2.24, 2.45) is 5.92 Å². The molecule has 5 nitrogen and oxygen atoms in total. The van der Waals surface area contributed by atoms with Gasteiger partial charge in [0.25, 0.3) is 0 Å². The summed E-state index contributed by atoms with van der Waals surface area (Å²) >= 11 is 0. The zero-order chi connectivity index (χ0) is 15.2. The van der Waals surface area contributed by atoms with Crippen molar-refractivity contribution < 1.29 is 14.6 Å². The molecule has 21 heavy (non-hydrogen) atoms. The predicted octanol–water partition coefficient (Wildman–Crippen LogP) is 2.50. The van der Waals surface area contributed by atoms with Gasteiger partial charge in [-0.3, -0.25) is 4.79 Å². The summed E-state index contributed by atoms with van der Waals surface area (Å²) in [6.07, 6.45) is 2.92. The number of aliphatic hydroxyl groups excluding tert-OH is 1. The van der Waals surface area contributed by atoms with Gasteiger partial charge in [-0.05, 0) is 25.5 Å². The molecular formula is C16H20N2O3. The highest BCUT2D eigenvalue weighted by atomic mass is 16.5. The lowest BCUT2D eigenvalue weighted by Crippen LogP contribution is -2.23. The summed E-state index contributed by atoms with van der Waals surface area (Å²) in [5.74, 6) is -0.946. The Morgan fingerprint density at radius 2 is 2.05 bits per heavy atom. The van der Waals surface area contributed by atoms with E-state index in [1.165, 1.54) is 0 Å². The van der Waals surface area contributed by atoms with E-state index < -0.39 is 12.0 Å². The van der Waals surface area contributed by atoms with Crippen molar-refractivity contribution in [1.82, 2.24) is 9.78 Å². The quantitative estimate of drug-likeness (QED) is 0.829. The van der Waals surface area contributed by atoms with E-state index in [0.717, 1.165) is 5.69 Å². The lowest BCUT2D eigenvalue weighted by molar-refractivity contribution is -0.152. The van der Waals surface area contributed by atoms with Crippen LogP contribution in [0.2, 0.25) is 0 Å². The van der Waals surface area contributed by atoms with Crippen LogP contribution < -0.4 is 0 Å². The van der Waals surface area contributed by atoms with Crippen LogP contribution in [0.15, 0.2) is 42.7 Å². The van der Waals surface area contributed by atoms with Gasteiger partial charge in [0.05, 0.1) is 30.5 Å². The minimum absolute atomic E-state index is 0.311. The molecule has 1 aromatic heterocycles. The number of ether oxygens (including phenoxy) is 1. The van der Waals surface area contributed by atoms with Gasteiger partial charge in [0, 0.05) is 11.8 Å². The van der Waals surface area contributed by atoms with Crippen LogP contribution in [-0.2, 0) is 9.53 Å². The maximum absolute atomic E-state index is 11.9. The number of aromatic nitrogens is 2. The number of esters is 1. The molecule has 0 fully saturated rings. The average Bonchev–Trinajstić information content (AvgIpc) is 2.99. The Hall–Kier alpha value is -2.14. The van der Waals surface area contributed by atoms with E-state index in [2.05, 4.69) is 5.10 Å². The molecule has 0 amide bonds. The highest BCUT2D eigenvalue weighted by Gasteiger charge is 2.28. The molecule has 0 saturated heterocycles. The monoisotopic (exact) mass is 288 g/mol. The predicted molar refractivity (Wildman–Crippen MR) is 78.9 cm³/mol. The molecule has 0 bridgehead atoms. The summed E-state index contributed by atoms with van der Waals surface area (Å²) in [4.78, 5) is 11.9. The molecule has 2 unspecified atom stereocenters. The normalized spacial score (nSPS) is 13.7. The van der Waals surface area contributed by atoms with E-state index in [1.54, 1.807) is 24.0 Å². The number of rotatable bonds is 6. The summed E-state index contributed by atoms with van der Waals surface area (Å²) in [6.45, 7) is 3.92. The van der Waals surface area contributed by atoms with Crippen molar-refractivity contribution in [3.63, 3.8) is 0 Å². The Bertz CT molecular complexity index is 580. The third-order valence-electron chi connectivity index (χ3n) is 3.38. The number of nitrogens with zero attached hydrogens (tertiary/aromatic N) is 2. The fourth-order valence-corrected chi connectivity index (χ4v) is 2.21. The highest BCUT2D eigenvalue weighted by Crippen LogP contribution is 2.26. The zero-order valence-corrected chi connectivity index (χ0v) is 12.3. The van der Waals surface area contributed by atoms with Crippen molar-refractivity contribution >= 4 is 5.97 Å². The van der Waals surface area contributed by atoms with Gasteiger partial charge in [-0.25, -0.2) is 4.68 Å². The lowest BCUT2D eigenvalue weighted by Gasteiger charge is -2.18. The second-order valence-corrected chi connectivity index (χ2v) is 4.77. The molecule has 0 spiro atoms. The minimum atomic E-state index is -0.911. The van der Waals surface area contributed by atoms with Crippen LogP contribution in [0.5, 0.6) is 0 Å². The van der Waals surface area contributed by atoms with Gasteiger partial charge in [0.15, 0.2) is 0 Å². The van der Waals surface area contributed by atoms with Crippen LogP contribution in [0.1, 0.15) is 31.9 Å². The standard InChI is InChI=1S/C16H20N2O3/c1-3-14(16(20)21-4-2)15(19)12-10-17-18(11-12)13-8-6-5-7-9-13/h5-11,14-15,19H,3-4H2,1-2H3. The van der Waals surface area contributed by atoms with Crippen LogP contribution in [0, 0.1) is 5.92 Å². The molecule has 0 aliphatic carbocycles. The van der Waals surface area contributed by atoms with Crippen LogP contribution in [0.4, 0.5) is 0 Å². The number of hydrogen-bond donors (Lipinski definition) is 1. The fourth-order valence-electron chi connectivity index (χ4n) is 2.21. The molecule has 0 aliphatic rings. The summed E-state index contributed by atoms with van der Waals surface area (Å²) in [7, 11) is 0. The number of carbonyl (C=O) groups is 1. The molecule has 2 rings (SSSR count). The third-order valence-corrected chi connectivity index (χ3v) is 3.38. The van der Waals surface area contributed by atoms with Crippen molar-refractivity contribution in [2.45, 2.75) is 26.4 Å². The van der Waals surface area contributed by atoms with Crippen LogP contribution >= 0.6 is 0 Å². The van der Waals surface area contributed by atoms with E-state index in [9.17, 15) is 9.90 Å². The van der Waals surface area contributed by atoms with E-state index in [-0.39, 0.29) is 5.97 Å². The Balaban J connectivity index is 2.18. The number of hydrogen-bond acceptors (Lipinski definition) is 4. The van der Waals surface area contributed by atoms with Gasteiger partial charge in [0.2, 0.25) is 0 Å². The van der Waals surface area contributed by atoms with Gasteiger partial charge < -0.3 is 9.84 Å². The maximum atomic E-state index is 11.9. The van der Waals surface area contributed by atoms with E-state index in [0.29, 0.717) is 18.6 Å². The molecule has 112 valence electrons. The summed E-state index contributed by atoms with van der Waals surface area (Å²) in [5, 5.41) is 14.6. The Kier molecular flexibility index (Phi) is 5.11. The van der Waals surface area contributed by atoms with Crippen molar-refractivity contribution in [1.29, 1.82) is 0 Å². The first-order chi connectivity index (χ1) is 10.2. The van der Waals surface area contributed by atoms with Crippen LogP contribution in [0.3, 0.4) is 0 Å². The Morgan fingerprint density at radius 3 is 2.67 bits per heavy atom. The van der Waals surface area contributed by atoms with E-state index in [1.807, 2.05) is 37.3 Å².